The zero-order valence-electron chi connectivity index (χ0n) is 46.9. The minimum Gasteiger partial charge on any atom is -0.475 e. The number of aliphatic carboxylic acids is 1. The van der Waals surface area contributed by atoms with Gasteiger partial charge in [0.25, 0.3) is 0 Å². The Hall–Kier alpha value is -9.02. The number of hydrogen-bond acceptors (Lipinski definition) is 15. The molecule has 30 nitrogen and oxygen atoms in total. The van der Waals surface area contributed by atoms with Gasteiger partial charge >= 0.3 is 12.1 Å². The Morgan fingerprint density at radius 1 is 0.640 bits per heavy atom. The number of alkyl halides is 3. The number of nitrogens with two attached hydrogens (primary N) is 7. The van der Waals surface area contributed by atoms with Crippen molar-refractivity contribution in [3.05, 3.63) is 71.9 Å². The molecule has 0 bridgehead atoms. The number of rotatable bonds is 20. The third kappa shape index (κ3) is 26.3. The van der Waals surface area contributed by atoms with E-state index < -0.39 is 114 Å². The second-order valence-electron chi connectivity index (χ2n) is 19.2. The lowest BCUT2D eigenvalue weighted by molar-refractivity contribution is -0.192. The molecule has 0 aliphatic carbocycles. The number of carbonyl (C=O) groups excluding carboxylic acids is 9. The van der Waals surface area contributed by atoms with Crippen molar-refractivity contribution >= 4 is 110 Å². The Bertz CT molecular complexity index is 2910. The Balaban J connectivity index is 0.00000259. The summed E-state index contributed by atoms with van der Waals surface area (Å²) in [7, 11) is 2.00. The summed E-state index contributed by atoms with van der Waals surface area (Å²) in [5.41, 5.74) is 40.9. The zero-order chi connectivity index (χ0) is 64.1. The van der Waals surface area contributed by atoms with Crippen molar-refractivity contribution in [3.8, 4) is 0 Å². The largest absolute Gasteiger partial charge is 0.490 e. The van der Waals surface area contributed by atoms with Crippen LogP contribution in [0.3, 0.4) is 0 Å². The highest BCUT2D eigenvalue weighted by Gasteiger charge is 2.39. The number of H-pyrrole nitrogens is 1. The molecule has 0 spiro atoms. The third-order valence-corrected chi connectivity index (χ3v) is 14.7. The fraction of sp³-hybridized carbons (Fsp3) is 0.471. The van der Waals surface area contributed by atoms with Crippen LogP contribution in [0.15, 0.2) is 75.8 Å². The number of amides is 9. The first-order valence-corrected chi connectivity index (χ1v) is 29.0. The van der Waals surface area contributed by atoms with E-state index in [1.54, 1.807) is 42.6 Å². The van der Waals surface area contributed by atoms with Gasteiger partial charge in [-0.2, -0.15) is 13.2 Å². The number of halogens is 3. The fourth-order valence-electron chi connectivity index (χ4n) is 8.00. The van der Waals surface area contributed by atoms with Crippen molar-refractivity contribution in [2.75, 3.05) is 31.1 Å². The van der Waals surface area contributed by atoms with Crippen LogP contribution >= 0.6 is 21.6 Å². The fourth-order valence-corrected chi connectivity index (χ4v) is 10.3. The highest BCUT2D eigenvalue weighted by molar-refractivity contribution is 8.76. The first kappa shape index (κ1) is 71.2. The maximum Gasteiger partial charge on any atom is 0.490 e. The second-order valence-corrected chi connectivity index (χ2v) is 21.8. The molecule has 9 amide bonds. The van der Waals surface area contributed by atoms with E-state index in [-0.39, 0.29) is 100 Å². The van der Waals surface area contributed by atoms with Gasteiger partial charge < -0.3 is 92.8 Å². The van der Waals surface area contributed by atoms with Crippen molar-refractivity contribution in [3.63, 3.8) is 0 Å². The average Bonchev–Trinajstić information content (AvgIpc) is 2.18. The van der Waals surface area contributed by atoms with Crippen LogP contribution in [0.4, 0.5) is 13.2 Å². The summed E-state index contributed by atoms with van der Waals surface area (Å²) >= 11 is 0. The van der Waals surface area contributed by atoms with Gasteiger partial charge in [-0.15, -0.1) is 0 Å². The summed E-state index contributed by atoms with van der Waals surface area (Å²) in [6, 6.07) is 5.08. The molecule has 0 saturated carbocycles. The van der Waals surface area contributed by atoms with Gasteiger partial charge in [0.15, 0.2) is 17.9 Å². The van der Waals surface area contributed by atoms with Crippen molar-refractivity contribution < 1.29 is 66.2 Å². The number of guanidine groups is 3. The van der Waals surface area contributed by atoms with Crippen molar-refractivity contribution in [1.29, 1.82) is 0 Å². The van der Waals surface area contributed by atoms with Gasteiger partial charge in [-0.1, -0.05) is 70.1 Å². The number of carboxylic acids is 1. The van der Waals surface area contributed by atoms with Gasteiger partial charge in [0.05, 0.1) is 0 Å². The number of nitrogens with one attached hydrogen (secondary N) is 9. The number of fused-ring (bicyclic) bond motifs is 1. The van der Waals surface area contributed by atoms with Gasteiger partial charge in [0, 0.05) is 68.0 Å². The molecular formula is C51H74F3N19O11S2. The molecule has 472 valence electrons. The average molecular weight is 1250 g/mol. The SMILES string of the molecule is CC(=O)N[C@@H](CCCN=C(N)N)C(=O)N[C@H]1CSSC[C@@H](C(N)=O)NC(=O)[C@H](Cc2c[nH]c3ccccc23)NC(=O)[C@H](CCCN=C(N)N)NC(=O)[C@@H](Cc2ccccc2)NC(=O)[C@H](CCCN=C(N)N)NC(=O)[C@@H](C)NC1=O.O=C(O)C(F)(F)F. The molecule has 1 aliphatic heterocycles. The van der Waals surface area contributed by atoms with Crippen LogP contribution in [0.1, 0.15) is 63.5 Å². The Labute approximate surface area is 499 Å². The van der Waals surface area contributed by atoms with E-state index in [9.17, 15) is 56.3 Å². The molecule has 2 heterocycles. The van der Waals surface area contributed by atoms with Crippen LogP contribution in [-0.4, -0.2) is 173 Å². The Morgan fingerprint density at radius 2 is 1.12 bits per heavy atom. The number of carboxylic acid groups (broad SMARTS) is 1. The van der Waals surface area contributed by atoms with Gasteiger partial charge in [-0.05, 0) is 62.6 Å². The highest BCUT2D eigenvalue weighted by Crippen LogP contribution is 2.24. The molecule has 0 unspecified atom stereocenters. The van der Waals surface area contributed by atoms with E-state index in [0.29, 0.717) is 11.1 Å². The molecular weight excluding hydrogens is 1180 g/mol. The quantitative estimate of drug-likeness (QED) is 0.0226. The number of primary amides is 1. The molecule has 35 heteroatoms. The molecule has 1 fully saturated rings. The highest BCUT2D eigenvalue weighted by atomic mass is 33.1. The lowest BCUT2D eigenvalue weighted by atomic mass is 10.0. The maximum atomic E-state index is 14.6. The number of para-hydroxylation sites is 1. The summed E-state index contributed by atoms with van der Waals surface area (Å²) < 4.78 is 31.7. The van der Waals surface area contributed by atoms with Crippen LogP contribution in [0.5, 0.6) is 0 Å². The van der Waals surface area contributed by atoms with E-state index in [2.05, 4.69) is 62.5 Å². The molecule has 8 atom stereocenters. The van der Waals surface area contributed by atoms with Crippen LogP contribution in [-0.2, 0) is 60.8 Å². The summed E-state index contributed by atoms with van der Waals surface area (Å²) in [4.78, 5) is 149. The first-order chi connectivity index (χ1) is 40.5. The Kier molecular flexibility index (Phi) is 29.8. The van der Waals surface area contributed by atoms with E-state index in [0.717, 1.165) is 32.5 Å². The van der Waals surface area contributed by atoms with Gasteiger partial charge in [0.2, 0.25) is 53.2 Å². The molecule has 4 rings (SSSR count). The van der Waals surface area contributed by atoms with Gasteiger partial charge in [-0.3, -0.25) is 58.1 Å². The number of benzene rings is 2. The third-order valence-electron chi connectivity index (χ3n) is 12.3. The first-order valence-electron chi connectivity index (χ1n) is 26.5. The minimum absolute atomic E-state index is 0.0448. The summed E-state index contributed by atoms with van der Waals surface area (Å²) in [6.07, 6.45) is -3.16. The number of aromatic amines is 1. The van der Waals surface area contributed by atoms with Crippen molar-refractivity contribution in [1.82, 2.24) is 47.5 Å². The smallest absolute Gasteiger partial charge is 0.475 e. The Morgan fingerprint density at radius 3 is 1.65 bits per heavy atom. The lowest BCUT2D eigenvalue weighted by Gasteiger charge is -2.27. The standard InChI is InChI=1S/C49H73N19O9S2.C2HF3O2/c1-26-40(71)63-33(16-9-19-58-48(53)54)42(73)65-35(21-28-11-4-3-5-12-28)44(75)64-34(17-10-20-59-49(55)56)43(74)66-36(22-29-23-60-31-14-7-6-13-30(29)31)45(76)67-37(39(50)70)24-78-79-25-38(46(77)61-26)68-41(72)32(62-27(2)69)15-8-18-57-47(51)52;3-2(4,5)1(6)7/h3-7,11-14,23,26,32-38,60H,8-10,15-22,24-25H2,1-2H3,(H2,50,70)(H,61,77)(H,62,69)(H,63,71)(H,64,75)(H,65,73)(H,66,74)(H,67,76)(H,68,72)(H4,51,52,57)(H4,53,54,58)(H4,55,56,59);(H,6,7)/t26-,32+,33+,34+,35-,36+,37+,38+;/m1./s1. The zero-order valence-corrected chi connectivity index (χ0v) is 48.6. The molecule has 1 aromatic heterocycles. The van der Waals surface area contributed by atoms with Gasteiger partial charge in [-0.25, -0.2) is 4.79 Å². The minimum atomic E-state index is -5.08. The molecule has 24 N–H and O–H groups in total. The predicted molar refractivity (Wildman–Crippen MR) is 316 cm³/mol. The number of nitrogens with zero attached hydrogens (tertiary/aromatic N) is 3. The van der Waals surface area contributed by atoms with E-state index >= 15 is 0 Å². The molecule has 0 radical (unpaired) electrons. The van der Waals surface area contributed by atoms with Gasteiger partial charge in [0.1, 0.15) is 48.3 Å². The predicted octanol–water partition coefficient (Wildman–Crippen LogP) is -3.45. The molecule has 1 aliphatic rings. The van der Waals surface area contributed by atoms with Crippen molar-refractivity contribution in [2.45, 2.75) is 120 Å². The number of carbonyl (C=O) groups is 10. The number of aliphatic imine (C=N–C) groups is 3. The van der Waals surface area contributed by atoms with Crippen LogP contribution in [0.2, 0.25) is 0 Å². The van der Waals surface area contributed by atoms with E-state index in [1.807, 2.05) is 18.2 Å². The number of hydrogen-bond donors (Lipinski definition) is 17. The second kappa shape index (κ2) is 36.0. The summed E-state index contributed by atoms with van der Waals surface area (Å²) in [6.45, 7) is 2.76. The topological polar surface area (TPSA) is 522 Å². The molecule has 2 aromatic carbocycles. The van der Waals surface area contributed by atoms with E-state index in [1.165, 1.54) is 13.8 Å². The van der Waals surface area contributed by atoms with Crippen LogP contribution in [0, 0.1) is 0 Å². The molecule has 86 heavy (non-hydrogen) atoms. The normalized spacial score (nSPS) is 20.6. The summed E-state index contributed by atoms with van der Waals surface area (Å²) in [5, 5.41) is 29.2. The number of aromatic nitrogens is 1. The lowest BCUT2D eigenvalue weighted by Crippen LogP contribution is -2.60. The molecule has 1 saturated heterocycles. The summed E-state index contributed by atoms with van der Waals surface area (Å²) in [5.74, 6) is -11.0. The van der Waals surface area contributed by atoms with Crippen LogP contribution < -0.4 is 82.7 Å². The molecule has 3 aromatic rings. The monoisotopic (exact) mass is 1250 g/mol. The van der Waals surface area contributed by atoms with E-state index in [4.69, 9.17) is 50.0 Å². The van der Waals surface area contributed by atoms with Crippen LogP contribution in [0.25, 0.3) is 10.9 Å². The maximum absolute atomic E-state index is 14.6. The van der Waals surface area contributed by atoms with Crippen molar-refractivity contribution in [2.24, 2.45) is 55.1 Å².